The van der Waals surface area contributed by atoms with Crippen LogP contribution in [0.25, 0.3) is 0 Å². The minimum absolute atomic E-state index is 0.00801. The van der Waals surface area contributed by atoms with Crippen LogP contribution in [0.2, 0.25) is 0 Å². The molecule has 2 heterocycles. The molecule has 2 aliphatic rings. The summed E-state index contributed by atoms with van der Waals surface area (Å²) in [6, 6.07) is 0. The number of morpholine rings is 1. The normalized spacial score (nSPS) is 33.0. The van der Waals surface area contributed by atoms with E-state index in [1.165, 1.54) is 25.9 Å². The Morgan fingerprint density at radius 2 is 2.20 bits per heavy atom. The SMILES string of the molecule is CC1(CCN2CCCC2)CNC(=O)CO1. The molecule has 2 fully saturated rings. The average molecular weight is 212 g/mol. The van der Waals surface area contributed by atoms with Crippen LogP contribution in [0.4, 0.5) is 0 Å². The Labute approximate surface area is 91.0 Å². The largest absolute Gasteiger partial charge is 0.364 e. The highest BCUT2D eigenvalue weighted by atomic mass is 16.5. The third kappa shape index (κ3) is 2.92. The zero-order valence-corrected chi connectivity index (χ0v) is 9.42. The molecule has 0 aliphatic carbocycles. The molecule has 0 saturated carbocycles. The zero-order chi connectivity index (χ0) is 10.7. The molecule has 4 heteroatoms. The van der Waals surface area contributed by atoms with Gasteiger partial charge in [0, 0.05) is 13.1 Å². The summed E-state index contributed by atoms with van der Waals surface area (Å²) in [4.78, 5) is 13.4. The molecule has 1 N–H and O–H groups in total. The van der Waals surface area contributed by atoms with E-state index >= 15 is 0 Å². The summed E-state index contributed by atoms with van der Waals surface area (Å²) >= 11 is 0. The predicted molar refractivity (Wildman–Crippen MR) is 57.7 cm³/mol. The van der Waals surface area contributed by atoms with Crippen molar-refractivity contribution < 1.29 is 9.53 Å². The van der Waals surface area contributed by atoms with Gasteiger partial charge in [-0.1, -0.05) is 0 Å². The van der Waals surface area contributed by atoms with Crippen LogP contribution in [0.5, 0.6) is 0 Å². The second kappa shape index (κ2) is 4.49. The van der Waals surface area contributed by atoms with E-state index in [4.69, 9.17) is 4.74 Å². The van der Waals surface area contributed by atoms with Crippen LogP contribution in [-0.2, 0) is 9.53 Å². The molecule has 0 spiro atoms. The van der Waals surface area contributed by atoms with E-state index in [9.17, 15) is 4.79 Å². The van der Waals surface area contributed by atoms with E-state index in [2.05, 4.69) is 17.1 Å². The molecular formula is C11H20N2O2. The van der Waals surface area contributed by atoms with Gasteiger partial charge in [-0.3, -0.25) is 4.79 Å². The summed E-state index contributed by atoms with van der Waals surface area (Å²) in [5.74, 6) is 0.00801. The minimum atomic E-state index is -0.156. The van der Waals surface area contributed by atoms with Gasteiger partial charge in [0.25, 0.3) is 0 Å². The summed E-state index contributed by atoms with van der Waals surface area (Å²) in [5, 5.41) is 2.87. The number of amides is 1. The minimum Gasteiger partial charge on any atom is -0.364 e. The molecule has 1 unspecified atom stereocenters. The van der Waals surface area contributed by atoms with Crippen LogP contribution in [0.15, 0.2) is 0 Å². The first-order chi connectivity index (χ1) is 7.18. The van der Waals surface area contributed by atoms with Gasteiger partial charge in [-0.15, -0.1) is 0 Å². The van der Waals surface area contributed by atoms with Gasteiger partial charge in [0.1, 0.15) is 6.61 Å². The van der Waals surface area contributed by atoms with Crippen molar-refractivity contribution in [2.45, 2.75) is 31.8 Å². The number of hydrogen-bond acceptors (Lipinski definition) is 3. The Balaban J connectivity index is 1.74. The third-order valence-corrected chi connectivity index (χ3v) is 3.37. The third-order valence-electron chi connectivity index (χ3n) is 3.37. The summed E-state index contributed by atoms with van der Waals surface area (Å²) < 4.78 is 5.60. The van der Waals surface area contributed by atoms with Crippen molar-refractivity contribution in [3.63, 3.8) is 0 Å². The number of carbonyl (C=O) groups excluding carboxylic acids is 1. The van der Waals surface area contributed by atoms with Crippen LogP contribution in [0.1, 0.15) is 26.2 Å². The van der Waals surface area contributed by atoms with Crippen molar-refractivity contribution in [1.82, 2.24) is 10.2 Å². The molecule has 0 aromatic rings. The second-order valence-electron chi connectivity index (χ2n) is 4.81. The standard InChI is InChI=1S/C11H20N2O2/c1-11(9-12-10(14)8-15-11)4-7-13-5-2-3-6-13/h2-9H2,1H3,(H,12,14). The van der Waals surface area contributed by atoms with E-state index in [1.807, 2.05) is 0 Å². The van der Waals surface area contributed by atoms with E-state index < -0.39 is 0 Å². The fourth-order valence-corrected chi connectivity index (χ4v) is 2.19. The molecule has 2 saturated heterocycles. The maximum absolute atomic E-state index is 11.0. The lowest BCUT2D eigenvalue weighted by molar-refractivity contribution is -0.142. The number of ether oxygens (including phenoxy) is 1. The summed E-state index contributed by atoms with van der Waals surface area (Å²) in [6.45, 7) is 6.50. The highest BCUT2D eigenvalue weighted by molar-refractivity contribution is 5.77. The molecular weight excluding hydrogens is 192 g/mol. The topological polar surface area (TPSA) is 41.6 Å². The van der Waals surface area contributed by atoms with Crippen molar-refractivity contribution >= 4 is 5.91 Å². The van der Waals surface area contributed by atoms with Crippen LogP contribution >= 0.6 is 0 Å². The lowest BCUT2D eigenvalue weighted by Gasteiger charge is -2.35. The monoisotopic (exact) mass is 212 g/mol. The van der Waals surface area contributed by atoms with Crippen molar-refractivity contribution in [3.05, 3.63) is 0 Å². The maximum atomic E-state index is 11.0. The first-order valence-electron chi connectivity index (χ1n) is 5.81. The van der Waals surface area contributed by atoms with Gasteiger partial charge in [0.05, 0.1) is 5.60 Å². The van der Waals surface area contributed by atoms with Crippen molar-refractivity contribution in [3.8, 4) is 0 Å². The fraction of sp³-hybridized carbons (Fsp3) is 0.909. The molecule has 0 radical (unpaired) electrons. The number of carbonyl (C=O) groups is 1. The number of nitrogens with one attached hydrogen (secondary N) is 1. The Kier molecular flexibility index (Phi) is 3.26. The molecule has 86 valence electrons. The highest BCUT2D eigenvalue weighted by Crippen LogP contribution is 2.19. The predicted octanol–water partition coefficient (Wildman–Crippen LogP) is 0.377. The number of hydrogen-bond donors (Lipinski definition) is 1. The molecule has 1 amide bonds. The van der Waals surface area contributed by atoms with Crippen molar-refractivity contribution in [1.29, 1.82) is 0 Å². The summed E-state index contributed by atoms with van der Waals surface area (Å²) in [5.41, 5.74) is -0.156. The quantitative estimate of drug-likeness (QED) is 0.735. The van der Waals surface area contributed by atoms with Crippen LogP contribution < -0.4 is 5.32 Å². The zero-order valence-electron chi connectivity index (χ0n) is 9.42. The van der Waals surface area contributed by atoms with Crippen LogP contribution in [0.3, 0.4) is 0 Å². The second-order valence-corrected chi connectivity index (χ2v) is 4.81. The first kappa shape index (κ1) is 10.9. The first-order valence-corrected chi connectivity index (χ1v) is 5.81. The van der Waals surface area contributed by atoms with Gasteiger partial charge in [-0.05, 0) is 39.3 Å². The Bertz CT molecular complexity index is 227. The molecule has 4 nitrogen and oxygen atoms in total. The molecule has 0 aromatic heterocycles. The Hall–Kier alpha value is -0.610. The van der Waals surface area contributed by atoms with Gasteiger partial charge in [-0.2, -0.15) is 0 Å². The number of rotatable bonds is 3. The van der Waals surface area contributed by atoms with Gasteiger partial charge in [0.15, 0.2) is 0 Å². The van der Waals surface area contributed by atoms with Crippen LogP contribution in [-0.4, -0.2) is 49.2 Å². The van der Waals surface area contributed by atoms with Crippen molar-refractivity contribution in [2.24, 2.45) is 0 Å². The Morgan fingerprint density at radius 3 is 2.80 bits per heavy atom. The van der Waals surface area contributed by atoms with E-state index in [0.717, 1.165) is 13.0 Å². The fourth-order valence-electron chi connectivity index (χ4n) is 2.19. The smallest absolute Gasteiger partial charge is 0.246 e. The lowest BCUT2D eigenvalue weighted by Crippen LogP contribution is -2.51. The average Bonchev–Trinajstić information content (AvgIpc) is 2.73. The number of likely N-dealkylation sites (tertiary alicyclic amines) is 1. The molecule has 0 aromatic carbocycles. The molecule has 2 rings (SSSR count). The highest BCUT2D eigenvalue weighted by Gasteiger charge is 2.31. The van der Waals surface area contributed by atoms with Gasteiger partial charge in [0.2, 0.25) is 5.91 Å². The summed E-state index contributed by atoms with van der Waals surface area (Å²) in [6.07, 6.45) is 3.66. The molecule has 1 atom stereocenters. The molecule has 15 heavy (non-hydrogen) atoms. The summed E-state index contributed by atoms with van der Waals surface area (Å²) in [7, 11) is 0. The molecule has 2 aliphatic heterocycles. The van der Waals surface area contributed by atoms with Crippen LogP contribution in [0, 0.1) is 0 Å². The van der Waals surface area contributed by atoms with Gasteiger partial charge < -0.3 is 15.0 Å². The Morgan fingerprint density at radius 1 is 1.47 bits per heavy atom. The van der Waals surface area contributed by atoms with Crippen molar-refractivity contribution in [2.75, 3.05) is 32.8 Å². The molecule has 0 bridgehead atoms. The lowest BCUT2D eigenvalue weighted by atomic mass is 10.0. The van der Waals surface area contributed by atoms with Gasteiger partial charge >= 0.3 is 0 Å². The van der Waals surface area contributed by atoms with Gasteiger partial charge in [-0.25, -0.2) is 0 Å². The van der Waals surface area contributed by atoms with E-state index in [0.29, 0.717) is 6.54 Å². The maximum Gasteiger partial charge on any atom is 0.246 e. The van der Waals surface area contributed by atoms with E-state index in [1.54, 1.807) is 0 Å². The number of nitrogens with zero attached hydrogens (tertiary/aromatic N) is 1. The van der Waals surface area contributed by atoms with E-state index in [-0.39, 0.29) is 18.1 Å².